The summed E-state index contributed by atoms with van der Waals surface area (Å²) in [6, 6.07) is 5.42. The monoisotopic (exact) mass is 484 g/mol. The third kappa shape index (κ3) is 3.67. The molecule has 0 unspecified atom stereocenters. The second-order valence-electron chi connectivity index (χ2n) is 8.96. The average Bonchev–Trinajstić information content (AvgIpc) is 3.45. The van der Waals surface area contributed by atoms with Crippen molar-refractivity contribution >= 4 is 22.5 Å². The van der Waals surface area contributed by atoms with E-state index in [1.807, 2.05) is 42.9 Å². The lowest BCUT2D eigenvalue weighted by Crippen LogP contribution is -2.28. The van der Waals surface area contributed by atoms with E-state index in [2.05, 4.69) is 30.5 Å². The van der Waals surface area contributed by atoms with Crippen LogP contribution in [0.25, 0.3) is 33.4 Å². The fraction of sp³-hybridized carbons (Fsp3) is 0.292. The number of aromatic nitrogens is 8. The maximum atomic E-state index is 13.9. The summed E-state index contributed by atoms with van der Waals surface area (Å²) in [5.41, 5.74) is 8.83. The number of anilines is 2. The highest BCUT2D eigenvalue weighted by atomic mass is 16.5. The van der Waals surface area contributed by atoms with E-state index in [4.69, 9.17) is 15.2 Å². The van der Waals surface area contributed by atoms with Gasteiger partial charge < -0.3 is 15.6 Å². The molecule has 4 heterocycles. The van der Waals surface area contributed by atoms with E-state index >= 15 is 0 Å². The fourth-order valence-corrected chi connectivity index (χ4v) is 4.45. The van der Waals surface area contributed by atoms with Crippen LogP contribution in [0.2, 0.25) is 0 Å². The summed E-state index contributed by atoms with van der Waals surface area (Å²) in [6.07, 6.45) is 6.87. The molecule has 0 bridgehead atoms. The van der Waals surface area contributed by atoms with Gasteiger partial charge >= 0.3 is 0 Å². The number of aryl methyl sites for hydroxylation is 2. The van der Waals surface area contributed by atoms with Crippen LogP contribution in [0.4, 0.5) is 11.6 Å². The molecule has 1 atom stereocenters. The number of hydrogen-bond donors (Lipinski definition) is 2. The Kier molecular flexibility index (Phi) is 5.02. The highest BCUT2D eigenvalue weighted by Crippen LogP contribution is 2.38. The lowest BCUT2D eigenvalue weighted by atomic mass is 10.0. The van der Waals surface area contributed by atoms with Crippen LogP contribution in [-0.2, 0) is 7.05 Å². The maximum Gasteiger partial charge on any atom is 0.262 e. The molecule has 1 saturated carbocycles. The first-order valence-electron chi connectivity index (χ1n) is 11.6. The first-order valence-corrected chi connectivity index (χ1v) is 11.6. The zero-order chi connectivity index (χ0) is 25.0. The Balaban J connectivity index is 1.47. The Labute approximate surface area is 205 Å². The second-order valence-corrected chi connectivity index (χ2v) is 8.96. The number of nitrogens with one attached hydrogen (secondary N) is 1. The molecule has 12 nitrogen and oxygen atoms in total. The van der Waals surface area contributed by atoms with Crippen LogP contribution in [-0.4, -0.2) is 39.4 Å². The smallest absolute Gasteiger partial charge is 0.262 e. The summed E-state index contributed by atoms with van der Waals surface area (Å²) in [6.45, 7) is 3.63. The second kappa shape index (κ2) is 8.26. The Morgan fingerprint density at radius 1 is 1.22 bits per heavy atom. The van der Waals surface area contributed by atoms with Crippen molar-refractivity contribution in [3.63, 3.8) is 0 Å². The Hall–Kier alpha value is -4.61. The van der Waals surface area contributed by atoms with Gasteiger partial charge in [-0.15, -0.1) is 0 Å². The normalized spacial score (nSPS) is 14.3. The molecule has 5 aromatic rings. The molecule has 0 spiro atoms. The standard InChI is InChI=1S/C24H24N10O2/c1-12(29-21-19(20(25)26-11-27-21)22-30-13(2)36-32-22)23-31-17-6-4-5-16(14-9-28-33(3)10-14)18(17)24(35)34(23)15-7-8-15/h4-6,9-12,15H,7-8H2,1-3H3,(H3,25,26,27,29)/t12-/m1/s1. The number of hydrogen-bond acceptors (Lipinski definition) is 10. The zero-order valence-electron chi connectivity index (χ0n) is 20.0. The van der Waals surface area contributed by atoms with Gasteiger partial charge in [0.05, 0.1) is 23.1 Å². The van der Waals surface area contributed by atoms with Crippen LogP contribution in [0.15, 0.2) is 46.2 Å². The third-order valence-electron chi connectivity index (χ3n) is 6.25. The van der Waals surface area contributed by atoms with Gasteiger partial charge in [0, 0.05) is 31.8 Å². The van der Waals surface area contributed by atoms with E-state index in [9.17, 15) is 4.79 Å². The van der Waals surface area contributed by atoms with E-state index in [1.165, 1.54) is 6.33 Å². The number of rotatable bonds is 6. The third-order valence-corrected chi connectivity index (χ3v) is 6.25. The molecule has 1 aliphatic rings. The lowest BCUT2D eigenvalue weighted by Gasteiger charge is -2.21. The Morgan fingerprint density at radius 3 is 2.75 bits per heavy atom. The van der Waals surface area contributed by atoms with Gasteiger partial charge in [0.1, 0.15) is 29.4 Å². The van der Waals surface area contributed by atoms with E-state index < -0.39 is 0 Å². The van der Waals surface area contributed by atoms with Gasteiger partial charge in [-0.3, -0.25) is 14.0 Å². The Morgan fingerprint density at radius 2 is 2.06 bits per heavy atom. The highest BCUT2D eigenvalue weighted by molar-refractivity contribution is 5.93. The van der Waals surface area contributed by atoms with E-state index in [-0.39, 0.29) is 29.3 Å². The molecule has 0 aliphatic heterocycles. The maximum absolute atomic E-state index is 13.9. The molecule has 4 aromatic heterocycles. The van der Waals surface area contributed by atoms with Crippen LogP contribution < -0.4 is 16.6 Å². The molecule has 3 N–H and O–H groups in total. The van der Waals surface area contributed by atoms with Crippen molar-refractivity contribution in [3.05, 3.63) is 59.0 Å². The molecule has 0 amide bonds. The van der Waals surface area contributed by atoms with E-state index in [0.717, 1.165) is 24.0 Å². The number of fused-ring (bicyclic) bond motifs is 1. The molecule has 0 saturated heterocycles. The number of nitrogens with two attached hydrogens (primary N) is 1. The summed E-state index contributed by atoms with van der Waals surface area (Å²) in [7, 11) is 1.85. The SMILES string of the molecule is Cc1nc(-c2c(N)ncnc2N[C@H](C)c2nc3cccc(-c4cnn(C)c4)c3c(=O)n2C2CC2)no1. The van der Waals surface area contributed by atoms with Gasteiger partial charge in [-0.25, -0.2) is 15.0 Å². The summed E-state index contributed by atoms with van der Waals surface area (Å²) in [4.78, 5) is 31.6. The van der Waals surface area contributed by atoms with Gasteiger partial charge in [0.25, 0.3) is 5.56 Å². The fourth-order valence-electron chi connectivity index (χ4n) is 4.45. The molecular formula is C24H24N10O2. The van der Waals surface area contributed by atoms with Crippen molar-refractivity contribution in [2.24, 2.45) is 7.05 Å². The molecule has 6 rings (SSSR count). The molecule has 1 aromatic carbocycles. The lowest BCUT2D eigenvalue weighted by molar-refractivity contribution is 0.394. The number of nitrogen functional groups attached to an aromatic ring is 1. The van der Waals surface area contributed by atoms with E-state index in [0.29, 0.717) is 34.0 Å². The minimum Gasteiger partial charge on any atom is -0.383 e. The van der Waals surface area contributed by atoms with Crippen molar-refractivity contribution in [1.82, 2.24) is 39.4 Å². The van der Waals surface area contributed by atoms with Crippen molar-refractivity contribution in [2.75, 3.05) is 11.1 Å². The molecule has 182 valence electrons. The zero-order valence-corrected chi connectivity index (χ0v) is 20.0. The van der Waals surface area contributed by atoms with Crippen molar-refractivity contribution in [1.29, 1.82) is 0 Å². The minimum atomic E-state index is -0.384. The molecule has 1 fully saturated rings. The van der Waals surface area contributed by atoms with E-state index in [1.54, 1.807) is 17.8 Å². The molecular weight excluding hydrogens is 460 g/mol. The minimum absolute atomic E-state index is 0.0678. The quantitative estimate of drug-likeness (QED) is 0.367. The average molecular weight is 485 g/mol. The van der Waals surface area contributed by atoms with Gasteiger partial charge in [-0.1, -0.05) is 17.3 Å². The van der Waals surface area contributed by atoms with Crippen molar-refractivity contribution in [2.45, 2.75) is 38.8 Å². The van der Waals surface area contributed by atoms with Crippen LogP contribution >= 0.6 is 0 Å². The topological polar surface area (TPSA) is 155 Å². The number of nitrogens with zero attached hydrogens (tertiary/aromatic N) is 8. The van der Waals surface area contributed by atoms with Crippen molar-refractivity contribution < 1.29 is 4.52 Å². The molecule has 36 heavy (non-hydrogen) atoms. The predicted molar refractivity (Wildman–Crippen MR) is 133 cm³/mol. The van der Waals surface area contributed by atoms with Crippen LogP contribution in [0.1, 0.15) is 43.6 Å². The van der Waals surface area contributed by atoms with Crippen LogP contribution in [0.3, 0.4) is 0 Å². The number of benzene rings is 1. The van der Waals surface area contributed by atoms with Crippen LogP contribution in [0, 0.1) is 6.92 Å². The first kappa shape index (κ1) is 21.9. The summed E-state index contributed by atoms with van der Waals surface area (Å²) in [5.74, 6) is 1.94. The summed E-state index contributed by atoms with van der Waals surface area (Å²) < 4.78 is 8.65. The molecule has 1 aliphatic carbocycles. The Bertz CT molecular complexity index is 1660. The van der Waals surface area contributed by atoms with Gasteiger partial charge in [-0.2, -0.15) is 10.1 Å². The summed E-state index contributed by atoms with van der Waals surface area (Å²) >= 11 is 0. The van der Waals surface area contributed by atoms with Gasteiger partial charge in [0.15, 0.2) is 0 Å². The predicted octanol–water partition coefficient (Wildman–Crippen LogP) is 3.04. The van der Waals surface area contributed by atoms with Gasteiger partial charge in [-0.05, 0) is 31.4 Å². The highest BCUT2D eigenvalue weighted by Gasteiger charge is 2.31. The van der Waals surface area contributed by atoms with Crippen LogP contribution in [0.5, 0.6) is 0 Å². The molecule has 0 radical (unpaired) electrons. The van der Waals surface area contributed by atoms with Gasteiger partial charge in [0.2, 0.25) is 11.7 Å². The summed E-state index contributed by atoms with van der Waals surface area (Å²) in [5, 5.41) is 12.2. The van der Waals surface area contributed by atoms with Crippen molar-refractivity contribution in [3.8, 4) is 22.5 Å². The largest absolute Gasteiger partial charge is 0.383 e. The first-order chi connectivity index (χ1) is 17.4. The molecule has 12 heteroatoms.